The minimum Gasteiger partial charge on any atom is -0.506 e. The molecule has 0 spiro atoms. The lowest BCUT2D eigenvalue weighted by molar-refractivity contribution is 0.471. The number of halogens is 2. The van der Waals surface area contributed by atoms with E-state index in [4.69, 9.17) is 16.2 Å². The molecular formula is C7H7ClINO3S. The van der Waals surface area contributed by atoms with Gasteiger partial charge in [-0.15, -0.1) is 0 Å². The van der Waals surface area contributed by atoms with E-state index in [1.807, 2.05) is 0 Å². The van der Waals surface area contributed by atoms with E-state index in [-0.39, 0.29) is 10.8 Å². The van der Waals surface area contributed by atoms with Crippen LogP contribution in [0.1, 0.15) is 5.56 Å². The first-order chi connectivity index (χ1) is 6.54. The monoisotopic (exact) mass is 347 g/mol. The van der Waals surface area contributed by atoms with Crippen molar-refractivity contribution in [1.82, 2.24) is 0 Å². The van der Waals surface area contributed by atoms with Gasteiger partial charge < -0.3 is 5.11 Å². The fourth-order valence-corrected chi connectivity index (χ4v) is 2.06. The minimum absolute atomic E-state index is 0.00957. The summed E-state index contributed by atoms with van der Waals surface area (Å²) in [5.74, 6) is 0.00957. The Morgan fingerprint density at radius 2 is 2.21 bits per heavy atom. The Morgan fingerprint density at radius 1 is 1.57 bits per heavy atom. The van der Waals surface area contributed by atoms with Gasteiger partial charge in [0.1, 0.15) is 5.75 Å². The fourth-order valence-electron chi connectivity index (χ4n) is 0.918. The van der Waals surface area contributed by atoms with Gasteiger partial charge in [-0.1, -0.05) is 34.2 Å². The molecule has 3 N–H and O–H groups in total. The first kappa shape index (κ1) is 12.0. The van der Waals surface area contributed by atoms with Crippen LogP contribution in [0.3, 0.4) is 0 Å². The summed E-state index contributed by atoms with van der Waals surface area (Å²) in [5, 5.41) is 9.61. The second-order valence-corrected chi connectivity index (χ2v) is 4.32. The van der Waals surface area contributed by atoms with E-state index in [1.54, 1.807) is 6.07 Å². The van der Waals surface area contributed by atoms with Crippen molar-refractivity contribution in [2.75, 3.05) is 4.72 Å². The van der Waals surface area contributed by atoms with Crippen LogP contribution in [0.5, 0.6) is 5.75 Å². The maximum absolute atomic E-state index is 10.5. The molecule has 1 atom stereocenters. The van der Waals surface area contributed by atoms with Crippen molar-refractivity contribution < 1.29 is 13.9 Å². The molecule has 1 aromatic rings. The van der Waals surface area contributed by atoms with Gasteiger partial charge in [-0.25, -0.2) is 4.21 Å². The molecule has 0 saturated carbocycles. The molecule has 1 rings (SSSR count). The van der Waals surface area contributed by atoms with Crippen LogP contribution < -0.4 is 4.72 Å². The number of nitrogens with one attached hydrogen (secondary N) is 1. The van der Waals surface area contributed by atoms with Crippen molar-refractivity contribution in [3.8, 4) is 5.75 Å². The van der Waals surface area contributed by atoms with Gasteiger partial charge in [-0.05, 0) is 12.1 Å². The molecule has 1 aromatic carbocycles. The number of phenols is 1. The van der Waals surface area contributed by atoms with Crippen LogP contribution in [0.15, 0.2) is 12.1 Å². The van der Waals surface area contributed by atoms with Crippen LogP contribution in [-0.2, 0) is 15.7 Å². The molecule has 0 aliphatic rings. The molecule has 7 heteroatoms. The first-order valence-corrected chi connectivity index (χ1v) is 6.50. The zero-order valence-electron chi connectivity index (χ0n) is 6.83. The summed E-state index contributed by atoms with van der Waals surface area (Å²) in [6.07, 6.45) is 0. The normalized spacial score (nSPS) is 12.5. The van der Waals surface area contributed by atoms with Crippen LogP contribution in [0.4, 0.5) is 5.69 Å². The molecule has 0 fully saturated rings. The van der Waals surface area contributed by atoms with Crippen LogP contribution in [0, 0.1) is 0 Å². The highest BCUT2D eigenvalue weighted by atomic mass is 127. The van der Waals surface area contributed by atoms with Gasteiger partial charge in [0, 0.05) is 9.99 Å². The molecule has 4 nitrogen and oxygen atoms in total. The highest BCUT2D eigenvalue weighted by Crippen LogP contribution is 2.32. The molecule has 0 aromatic heterocycles. The van der Waals surface area contributed by atoms with Crippen LogP contribution in [0.25, 0.3) is 0 Å². The Labute approximate surface area is 102 Å². The molecule has 0 bridgehead atoms. The molecule has 78 valence electrons. The van der Waals surface area contributed by atoms with E-state index in [9.17, 15) is 9.32 Å². The number of hydrogen-bond acceptors (Lipinski definition) is 2. The molecular weight excluding hydrogens is 341 g/mol. The second-order valence-electron chi connectivity index (χ2n) is 2.45. The van der Waals surface area contributed by atoms with Gasteiger partial charge in [0.2, 0.25) is 0 Å². The molecule has 1 unspecified atom stereocenters. The highest BCUT2D eigenvalue weighted by molar-refractivity contribution is 14.1. The van der Waals surface area contributed by atoms with Gasteiger partial charge in [-0.2, -0.15) is 0 Å². The number of anilines is 1. The molecule has 0 aliphatic heterocycles. The van der Waals surface area contributed by atoms with E-state index >= 15 is 0 Å². The second kappa shape index (κ2) is 5.15. The first-order valence-electron chi connectivity index (χ1n) is 3.49. The highest BCUT2D eigenvalue weighted by Gasteiger charge is 2.08. The maximum atomic E-state index is 10.5. The molecule has 14 heavy (non-hydrogen) atoms. The van der Waals surface area contributed by atoms with Gasteiger partial charge in [0.05, 0.1) is 10.7 Å². The zero-order chi connectivity index (χ0) is 10.7. The molecule has 0 heterocycles. The van der Waals surface area contributed by atoms with Crippen LogP contribution in [-0.4, -0.2) is 13.9 Å². The van der Waals surface area contributed by atoms with Crippen molar-refractivity contribution in [3.63, 3.8) is 0 Å². The smallest absolute Gasteiger partial charge is 0.259 e. The Morgan fingerprint density at radius 3 is 2.71 bits per heavy atom. The predicted octanol–water partition coefficient (Wildman–Crippen LogP) is 2.53. The summed E-state index contributed by atoms with van der Waals surface area (Å²) >= 11 is 5.63. The SMILES string of the molecule is O=S(O)Nc1cc(Cl)c(O)c(CI)c1. The lowest BCUT2D eigenvalue weighted by Gasteiger charge is -2.07. The number of phenolic OH excluding ortho intramolecular Hbond substituents is 1. The largest absolute Gasteiger partial charge is 0.506 e. The molecule has 0 radical (unpaired) electrons. The van der Waals surface area contributed by atoms with Crippen molar-refractivity contribution in [1.29, 1.82) is 0 Å². The standard InChI is InChI=1S/C7H7ClINO3S/c8-6-2-5(10-14(12)13)1-4(3-9)7(6)11/h1-2,10-11H,3H2,(H,12,13). The van der Waals surface area contributed by atoms with Crippen molar-refractivity contribution in [3.05, 3.63) is 22.7 Å². The quantitative estimate of drug-likeness (QED) is 0.341. The summed E-state index contributed by atoms with van der Waals surface area (Å²) in [4.78, 5) is 0. The van der Waals surface area contributed by atoms with Crippen LogP contribution >= 0.6 is 34.2 Å². The number of hydrogen-bond donors (Lipinski definition) is 3. The molecule has 0 amide bonds. The van der Waals surface area contributed by atoms with E-state index in [0.717, 1.165) is 0 Å². The minimum atomic E-state index is -2.13. The third-order valence-electron chi connectivity index (χ3n) is 1.49. The fraction of sp³-hybridized carbons (Fsp3) is 0.143. The van der Waals surface area contributed by atoms with E-state index in [2.05, 4.69) is 27.3 Å². The Balaban J connectivity index is 3.09. The van der Waals surface area contributed by atoms with Crippen molar-refractivity contribution in [2.24, 2.45) is 0 Å². The van der Waals surface area contributed by atoms with Crippen molar-refractivity contribution in [2.45, 2.75) is 4.43 Å². The van der Waals surface area contributed by atoms with Crippen molar-refractivity contribution >= 4 is 51.1 Å². The summed E-state index contributed by atoms with van der Waals surface area (Å²) < 4.78 is 21.9. The maximum Gasteiger partial charge on any atom is 0.259 e. The predicted molar refractivity (Wildman–Crippen MR) is 65.2 cm³/mol. The summed E-state index contributed by atoms with van der Waals surface area (Å²) in [6, 6.07) is 2.96. The Bertz CT molecular complexity index is 374. The number of aromatic hydroxyl groups is 1. The Kier molecular flexibility index (Phi) is 4.42. The van der Waals surface area contributed by atoms with Gasteiger partial charge in [0.25, 0.3) is 11.3 Å². The average molecular weight is 348 g/mol. The Hall–Kier alpha value is -0.0500. The van der Waals surface area contributed by atoms with Gasteiger partial charge in [-0.3, -0.25) is 9.27 Å². The van der Waals surface area contributed by atoms with Gasteiger partial charge >= 0.3 is 0 Å². The number of benzene rings is 1. The van der Waals surface area contributed by atoms with Gasteiger partial charge in [0.15, 0.2) is 0 Å². The average Bonchev–Trinajstić information content (AvgIpc) is 2.10. The third kappa shape index (κ3) is 2.97. The topological polar surface area (TPSA) is 69.6 Å². The molecule has 0 saturated heterocycles. The lowest BCUT2D eigenvalue weighted by atomic mass is 10.2. The van der Waals surface area contributed by atoms with Crippen LogP contribution in [0.2, 0.25) is 5.02 Å². The number of alkyl halides is 1. The number of rotatable bonds is 3. The summed E-state index contributed by atoms with van der Waals surface area (Å²) in [6.45, 7) is 0. The molecule has 0 aliphatic carbocycles. The lowest BCUT2D eigenvalue weighted by Crippen LogP contribution is -2.02. The van der Waals surface area contributed by atoms with E-state index < -0.39 is 11.3 Å². The van der Waals surface area contributed by atoms with E-state index in [1.165, 1.54) is 6.07 Å². The summed E-state index contributed by atoms with van der Waals surface area (Å²) in [5.41, 5.74) is 1.02. The zero-order valence-corrected chi connectivity index (χ0v) is 10.6. The third-order valence-corrected chi connectivity index (χ3v) is 3.01. The van der Waals surface area contributed by atoms with E-state index in [0.29, 0.717) is 15.7 Å². The summed E-state index contributed by atoms with van der Waals surface area (Å²) in [7, 11) is 0.